The van der Waals surface area contributed by atoms with Gasteiger partial charge >= 0.3 is 0 Å². The Morgan fingerprint density at radius 1 is 1.35 bits per heavy atom. The highest BCUT2D eigenvalue weighted by Gasteiger charge is 2.22. The molecule has 0 aromatic carbocycles. The molecule has 10 heteroatoms. The van der Waals surface area contributed by atoms with Crippen molar-refractivity contribution in [1.29, 1.82) is 0 Å². The van der Waals surface area contributed by atoms with Gasteiger partial charge in [0, 0.05) is 30.8 Å². The first-order chi connectivity index (χ1) is 9.54. The molecule has 0 fully saturated rings. The predicted octanol–water partition coefficient (Wildman–Crippen LogP) is -0.923. The molecule has 2 rings (SSSR count). The summed E-state index contributed by atoms with van der Waals surface area (Å²) in [7, 11) is -1.89. The van der Waals surface area contributed by atoms with Crippen LogP contribution in [0.25, 0.3) is 0 Å². The summed E-state index contributed by atoms with van der Waals surface area (Å²) >= 11 is 0. The van der Waals surface area contributed by atoms with E-state index in [9.17, 15) is 8.42 Å². The van der Waals surface area contributed by atoms with Crippen LogP contribution in [0.1, 0.15) is 17.1 Å². The third-order valence-corrected chi connectivity index (χ3v) is 4.19. The molecule has 0 spiro atoms. The monoisotopic (exact) mass is 299 g/mol. The van der Waals surface area contributed by atoms with Gasteiger partial charge in [0.05, 0.1) is 0 Å². The maximum atomic E-state index is 12.2. The smallest absolute Gasteiger partial charge is 0.260 e. The zero-order valence-electron chi connectivity index (χ0n) is 11.3. The molecule has 2 aromatic heterocycles. The summed E-state index contributed by atoms with van der Waals surface area (Å²) < 4.78 is 26.9. The minimum Gasteiger partial charge on any atom is -0.316 e. The highest BCUT2D eigenvalue weighted by molar-refractivity contribution is 7.89. The lowest BCUT2D eigenvalue weighted by Gasteiger charge is -2.06. The highest BCUT2D eigenvalue weighted by Crippen LogP contribution is 2.15. The largest absolute Gasteiger partial charge is 0.316 e. The Kier molecular flexibility index (Phi) is 4.47. The van der Waals surface area contributed by atoms with Gasteiger partial charge in [-0.15, -0.1) is 0 Å². The molecule has 0 aliphatic rings. The van der Waals surface area contributed by atoms with Gasteiger partial charge in [0.2, 0.25) is 0 Å². The normalized spacial score (nSPS) is 11.9. The van der Waals surface area contributed by atoms with Crippen LogP contribution in [0.2, 0.25) is 0 Å². The third-order valence-electron chi connectivity index (χ3n) is 2.76. The van der Waals surface area contributed by atoms with Crippen LogP contribution in [0.4, 0.5) is 0 Å². The number of nitrogens with one attached hydrogen (secondary N) is 4. The summed E-state index contributed by atoms with van der Waals surface area (Å²) in [4.78, 5) is 3.93. The van der Waals surface area contributed by atoms with Crippen LogP contribution in [0.15, 0.2) is 11.4 Å². The van der Waals surface area contributed by atoms with Crippen LogP contribution in [0, 0.1) is 6.92 Å². The van der Waals surface area contributed by atoms with E-state index < -0.39 is 10.0 Å². The van der Waals surface area contributed by atoms with Gasteiger partial charge in [0.1, 0.15) is 12.2 Å². The van der Waals surface area contributed by atoms with Gasteiger partial charge in [-0.2, -0.15) is 10.2 Å². The maximum absolute atomic E-state index is 12.2. The summed E-state index contributed by atoms with van der Waals surface area (Å²) in [5, 5.41) is 15.9. The Morgan fingerprint density at radius 3 is 2.80 bits per heavy atom. The van der Waals surface area contributed by atoms with Crippen LogP contribution < -0.4 is 10.0 Å². The highest BCUT2D eigenvalue weighted by atomic mass is 32.2. The van der Waals surface area contributed by atoms with E-state index >= 15 is 0 Å². The van der Waals surface area contributed by atoms with Gasteiger partial charge in [-0.3, -0.25) is 10.2 Å². The Hall–Kier alpha value is -1.78. The van der Waals surface area contributed by atoms with Crippen LogP contribution in [-0.4, -0.2) is 47.4 Å². The van der Waals surface area contributed by atoms with E-state index in [2.05, 4.69) is 35.4 Å². The minimum atomic E-state index is -3.64. The van der Waals surface area contributed by atoms with Crippen molar-refractivity contribution in [3.8, 4) is 0 Å². The lowest BCUT2D eigenvalue weighted by Crippen LogP contribution is -2.28. The molecule has 0 radical (unpaired) electrons. The molecule has 9 nitrogen and oxygen atoms in total. The van der Waals surface area contributed by atoms with Crippen molar-refractivity contribution in [3.05, 3.63) is 23.4 Å². The summed E-state index contributed by atoms with van der Waals surface area (Å²) in [5.74, 6) is 0.626. The molecule has 4 N–H and O–H groups in total. The molecule has 110 valence electrons. The van der Waals surface area contributed by atoms with Crippen LogP contribution in [0.5, 0.6) is 0 Å². The predicted molar refractivity (Wildman–Crippen MR) is 71.4 cm³/mol. The molecular formula is C10H17N7O2S. The number of nitrogens with zero attached hydrogens (tertiary/aromatic N) is 3. The second kappa shape index (κ2) is 6.11. The van der Waals surface area contributed by atoms with Crippen LogP contribution in [-0.2, 0) is 23.0 Å². The summed E-state index contributed by atoms with van der Waals surface area (Å²) in [6.45, 7) is 2.44. The summed E-state index contributed by atoms with van der Waals surface area (Å²) in [6.07, 6.45) is 1.82. The van der Waals surface area contributed by atoms with Crippen LogP contribution in [0.3, 0.4) is 0 Å². The van der Waals surface area contributed by atoms with Crippen LogP contribution >= 0.6 is 0 Å². The van der Waals surface area contributed by atoms with E-state index in [0.29, 0.717) is 24.4 Å². The number of sulfonamides is 1. The Balaban J connectivity index is 2.06. The number of aryl methyl sites for hydroxylation is 1. The first-order valence-electron chi connectivity index (χ1n) is 6.07. The molecule has 0 saturated heterocycles. The third kappa shape index (κ3) is 3.21. The molecule has 0 saturated carbocycles. The van der Waals surface area contributed by atoms with E-state index in [1.54, 1.807) is 14.0 Å². The number of hydrogen-bond donors (Lipinski definition) is 4. The molecule has 0 unspecified atom stereocenters. The summed E-state index contributed by atoms with van der Waals surface area (Å²) in [5.41, 5.74) is 1.37. The molecule has 0 amide bonds. The SMILES string of the molecule is CNCc1c(S(=O)(=O)NCCc2ncn[nH]2)n[nH]c1C. The van der Waals surface area contributed by atoms with E-state index in [-0.39, 0.29) is 11.6 Å². The quantitative estimate of drug-likeness (QED) is 0.523. The number of rotatable bonds is 7. The Morgan fingerprint density at radius 2 is 2.15 bits per heavy atom. The Bertz CT molecular complexity index is 647. The van der Waals surface area contributed by atoms with E-state index in [4.69, 9.17) is 0 Å². The fourth-order valence-electron chi connectivity index (χ4n) is 1.76. The summed E-state index contributed by atoms with van der Waals surface area (Å²) in [6, 6.07) is 0. The van der Waals surface area contributed by atoms with Gasteiger partial charge in [-0.25, -0.2) is 18.1 Å². The molecule has 0 aliphatic carbocycles. The second-order valence-corrected chi connectivity index (χ2v) is 5.92. The molecule has 20 heavy (non-hydrogen) atoms. The van der Waals surface area contributed by atoms with Crippen molar-refractivity contribution < 1.29 is 8.42 Å². The first kappa shape index (κ1) is 14.6. The molecule has 0 bridgehead atoms. The minimum absolute atomic E-state index is 0.0296. The van der Waals surface area contributed by atoms with Crippen molar-refractivity contribution in [2.75, 3.05) is 13.6 Å². The average molecular weight is 299 g/mol. The zero-order valence-corrected chi connectivity index (χ0v) is 12.1. The standard InChI is InChI=1S/C10H17N7O2S/c1-7-8(5-11-2)10(17-15-7)20(18,19)14-4-3-9-12-6-13-16-9/h6,11,14H,3-5H2,1-2H3,(H,15,17)(H,12,13,16). The van der Waals surface area contributed by atoms with Gasteiger partial charge in [-0.1, -0.05) is 0 Å². The van der Waals surface area contributed by atoms with Crippen molar-refractivity contribution in [3.63, 3.8) is 0 Å². The molecular weight excluding hydrogens is 282 g/mol. The number of aromatic nitrogens is 5. The fourth-order valence-corrected chi connectivity index (χ4v) is 2.98. The van der Waals surface area contributed by atoms with Gasteiger partial charge in [0.15, 0.2) is 5.03 Å². The van der Waals surface area contributed by atoms with Crippen molar-refractivity contribution in [2.45, 2.75) is 24.9 Å². The maximum Gasteiger partial charge on any atom is 0.260 e. The molecule has 0 aliphatic heterocycles. The van der Waals surface area contributed by atoms with Gasteiger partial charge < -0.3 is 5.32 Å². The number of H-pyrrole nitrogens is 2. The zero-order chi connectivity index (χ0) is 14.6. The molecule has 0 atom stereocenters. The topological polar surface area (TPSA) is 128 Å². The van der Waals surface area contributed by atoms with E-state index in [1.165, 1.54) is 6.33 Å². The average Bonchev–Trinajstić information content (AvgIpc) is 3.01. The lowest BCUT2D eigenvalue weighted by atomic mass is 10.3. The molecule has 2 heterocycles. The molecule has 2 aromatic rings. The second-order valence-electron chi connectivity index (χ2n) is 4.24. The van der Waals surface area contributed by atoms with Gasteiger partial charge in [-0.05, 0) is 14.0 Å². The lowest BCUT2D eigenvalue weighted by molar-refractivity contribution is 0.574. The number of hydrogen-bond acceptors (Lipinski definition) is 6. The Labute approximate surface area is 116 Å². The van der Waals surface area contributed by atoms with E-state index in [1.807, 2.05) is 0 Å². The van der Waals surface area contributed by atoms with Crippen molar-refractivity contribution >= 4 is 10.0 Å². The van der Waals surface area contributed by atoms with Gasteiger partial charge in [0.25, 0.3) is 10.0 Å². The number of aromatic amines is 2. The van der Waals surface area contributed by atoms with Crippen molar-refractivity contribution in [1.82, 2.24) is 35.4 Å². The fraction of sp³-hybridized carbons (Fsp3) is 0.500. The van der Waals surface area contributed by atoms with Crippen molar-refractivity contribution in [2.24, 2.45) is 0 Å². The van der Waals surface area contributed by atoms with E-state index in [0.717, 1.165) is 5.69 Å². The first-order valence-corrected chi connectivity index (χ1v) is 7.55.